The highest BCUT2D eigenvalue weighted by Gasteiger charge is 2.12. The standard InChI is InChI=1S/C15H14ClN3O5/c1-9-6-13(24-19-9)18-12(20)8-23-14(21)7-17-15(22)10-2-4-11(16)5-3-10/h2-6H,7-8H2,1H3,(H,17,22)(H,18,20). The van der Waals surface area contributed by atoms with Crippen LogP contribution in [0.5, 0.6) is 0 Å². The van der Waals surface area contributed by atoms with E-state index in [1.54, 1.807) is 19.1 Å². The molecule has 0 atom stereocenters. The summed E-state index contributed by atoms with van der Waals surface area (Å²) < 4.78 is 9.53. The van der Waals surface area contributed by atoms with Crippen molar-refractivity contribution in [1.29, 1.82) is 0 Å². The summed E-state index contributed by atoms with van der Waals surface area (Å²) in [6.07, 6.45) is 0. The maximum atomic E-state index is 11.8. The van der Waals surface area contributed by atoms with Crippen molar-refractivity contribution in [1.82, 2.24) is 10.5 Å². The Morgan fingerprint density at radius 3 is 2.58 bits per heavy atom. The van der Waals surface area contributed by atoms with Gasteiger partial charge in [0.15, 0.2) is 6.61 Å². The molecule has 0 radical (unpaired) electrons. The molecule has 0 aliphatic heterocycles. The molecule has 24 heavy (non-hydrogen) atoms. The number of carbonyl (C=O) groups is 3. The number of ether oxygens (including phenoxy) is 1. The van der Waals surface area contributed by atoms with Crippen LogP contribution in [-0.4, -0.2) is 36.1 Å². The van der Waals surface area contributed by atoms with Crippen LogP contribution < -0.4 is 10.6 Å². The predicted octanol–water partition coefficient (Wildman–Crippen LogP) is 1.55. The van der Waals surface area contributed by atoms with Crippen LogP contribution in [0.1, 0.15) is 16.1 Å². The molecular formula is C15H14ClN3O5. The number of aromatic nitrogens is 1. The van der Waals surface area contributed by atoms with E-state index in [4.69, 9.17) is 20.9 Å². The lowest BCUT2D eigenvalue weighted by molar-refractivity contribution is -0.146. The van der Waals surface area contributed by atoms with Crippen LogP contribution in [0.2, 0.25) is 5.02 Å². The zero-order valence-corrected chi connectivity index (χ0v) is 13.4. The fraction of sp³-hybridized carbons (Fsp3) is 0.200. The molecule has 2 aromatic rings. The molecule has 1 aromatic heterocycles. The first-order valence-electron chi connectivity index (χ1n) is 6.86. The fourth-order valence-electron chi connectivity index (χ4n) is 1.65. The third-order valence-electron chi connectivity index (χ3n) is 2.75. The minimum absolute atomic E-state index is 0.157. The normalized spacial score (nSPS) is 10.1. The zero-order chi connectivity index (χ0) is 17.5. The van der Waals surface area contributed by atoms with Gasteiger partial charge in [0.25, 0.3) is 11.8 Å². The van der Waals surface area contributed by atoms with Gasteiger partial charge in [-0.25, -0.2) is 0 Å². The van der Waals surface area contributed by atoms with Crippen molar-refractivity contribution in [2.45, 2.75) is 6.92 Å². The zero-order valence-electron chi connectivity index (χ0n) is 12.7. The fourth-order valence-corrected chi connectivity index (χ4v) is 1.77. The molecule has 2 N–H and O–H groups in total. The summed E-state index contributed by atoms with van der Waals surface area (Å²) in [5, 5.41) is 8.84. The molecule has 0 unspecified atom stereocenters. The lowest BCUT2D eigenvalue weighted by atomic mass is 10.2. The SMILES string of the molecule is Cc1cc(NC(=O)COC(=O)CNC(=O)c2ccc(Cl)cc2)on1. The Bertz CT molecular complexity index is 742. The number of anilines is 1. The van der Waals surface area contributed by atoms with Gasteiger partial charge in [-0.1, -0.05) is 16.8 Å². The van der Waals surface area contributed by atoms with Gasteiger partial charge in [0, 0.05) is 16.7 Å². The molecule has 0 saturated carbocycles. The van der Waals surface area contributed by atoms with Crippen LogP contribution in [0.4, 0.5) is 5.88 Å². The van der Waals surface area contributed by atoms with Crippen molar-refractivity contribution in [2.24, 2.45) is 0 Å². The van der Waals surface area contributed by atoms with Gasteiger partial charge in [0.2, 0.25) is 5.88 Å². The van der Waals surface area contributed by atoms with Crippen molar-refractivity contribution in [3.05, 3.63) is 46.6 Å². The number of esters is 1. The van der Waals surface area contributed by atoms with Crippen LogP contribution in [0.3, 0.4) is 0 Å². The highest BCUT2D eigenvalue weighted by atomic mass is 35.5. The van der Waals surface area contributed by atoms with Gasteiger partial charge in [0.05, 0.1) is 5.69 Å². The molecule has 8 nitrogen and oxygen atoms in total. The van der Waals surface area contributed by atoms with E-state index < -0.39 is 24.4 Å². The van der Waals surface area contributed by atoms with E-state index in [9.17, 15) is 14.4 Å². The quantitative estimate of drug-likeness (QED) is 0.764. The minimum atomic E-state index is -0.749. The number of nitrogens with zero attached hydrogens (tertiary/aromatic N) is 1. The lowest BCUT2D eigenvalue weighted by Gasteiger charge is -2.06. The Balaban J connectivity index is 1.70. The van der Waals surface area contributed by atoms with Gasteiger partial charge in [-0.05, 0) is 31.2 Å². The Kier molecular flexibility index (Phi) is 5.91. The number of hydrogen-bond acceptors (Lipinski definition) is 6. The first-order chi connectivity index (χ1) is 11.4. The first-order valence-corrected chi connectivity index (χ1v) is 7.24. The van der Waals surface area contributed by atoms with E-state index in [0.29, 0.717) is 16.3 Å². The van der Waals surface area contributed by atoms with Crippen LogP contribution in [0, 0.1) is 6.92 Å². The third kappa shape index (κ3) is 5.40. The molecule has 0 saturated heterocycles. The highest BCUT2D eigenvalue weighted by Crippen LogP contribution is 2.09. The number of nitrogens with one attached hydrogen (secondary N) is 2. The second-order valence-electron chi connectivity index (χ2n) is 4.73. The van der Waals surface area contributed by atoms with Crippen molar-refractivity contribution in [2.75, 3.05) is 18.5 Å². The van der Waals surface area contributed by atoms with Crippen LogP contribution in [0.15, 0.2) is 34.9 Å². The molecule has 2 rings (SSSR count). The molecule has 0 aliphatic carbocycles. The summed E-state index contributed by atoms with van der Waals surface area (Å²) in [6.45, 7) is 0.827. The second-order valence-corrected chi connectivity index (χ2v) is 5.17. The van der Waals surface area contributed by atoms with E-state index in [0.717, 1.165) is 0 Å². The summed E-state index contributed by atoms with van der Waals surface area (Å²) in [5.74, 6) is -1.63. The average molecular weight is 352 g/mol. The largest absolute Gasteiger partial charge is 0.454 e. The average Bonchev–Trinajstić information content (AvgIpc) is 2.96. The van der Waals surface area contributed by atoms with Gasteiger partial charge < -0.3 is 14.6 Å². The summed E-state index contributed by atoms with van der Waals surface area (Å²) >= 11 is 5.72. The molecule has 126 valence electrons. The van der Waals surface area contributed by atoms with Crippen LogP contribution >= 0.6 is 11.6 Å². The predicted molar refractivity (Wildman–Crippen MR) is 84.6 cm³/mol. The van der Waals surface area contributed by atoms with Crippen molar-refractivity contribution < 1.29 is 23.6 Å². The number of benzene rings is 1. The molecule has 0 spiro atoms. The van der Waals surface area contributed by atoms with Gasteiger partial charge >= 0.3 is 5.97 Å². The molecule has 0 bridgehead atoms. The minimum Gasteiger partial charge on any atom is -0.454 e. The second kappa shape index (κ2) is 8.11. The summed E-state index contributed by atoms with van der Waals surface area (Å²) in [4.78, 5) is 34.8. The van der Waals surface area contributed by atoms with E-state index in [-0.39, 0.29) is 12.4 Å². The highest BCUT2D eigenvalue weighted by molar-refractivity contribution is 6.30. The molecule has 1 aromatic carbocycles. The first kappa shape index (κ1) is 17.5. The number of rotatable bonds is 6. The number of halogens is 1. The van der Waals surface area contributed by atoms with Crippen LogP contribution in [-0.2, 0) is 14.3 Å². The van der Waals surface area contributed by atoms with Gasteiger partial charge in [0.1, 0.15) is 6.54 Å². The molecule has 2 amide bonds. The summed E-state index contributed by atoms with van der Waals surface area (Å²) in [6, 6.07) is 7.69. The van der Waals surface area contributed by atoms with E-state index in [2.05, 4.69) is 15.8 Å². The Morgan fingerprint density at radius 1 is 1.25 bits per heavy atom. The molecule has 0 aliphatic rings. The van der Waals surface area contributed by atoms with Crippen molar-refractivity contribution in [3.63, 3.8) is 0 Å². The monoisotopic (exact) mass is 351 g/mol. The Labute approximate surface area is 142 Å². The Hall–Kier alpha value is -2.87. The third-order valence-corrected chi connectivity index (χ3v) is 3.01. The maximum Gasteiger partial charge on any atom is 0.325 e. The van der Waals surface area contributed by atoms with Crippen molar-refractivity contribution in [3.8, 4) is 0 Å². The topological polar surface area (TPSA) is 111 Å². The molecule has 9 heteroatoms. The molecule has 0 fully saturated rings. The number of carbonyl (C=O) groups excluding carboxylic acids is 3. The molecular weight excluding hydrogens is 338 g/mol. The van der Waals surface area contributed by atoms with Gasteiger partial charge in [-0.3, -0.25) is 19.7 Å². The summed E-state index contributed by atoms with van der Waals surface area (Å²) in [7, 11) is 0. The van der Waals surface area contributed by atoms with Gasteiger partial charge in [-0.15, -0.1) is 0 Å². The summed E-state index contributed by atoms with van der Waals surface area (Å²) in [5.41, 5.74) is 0.956. The maximum absolute atomic E-state index is 11.8. The van der Waals surface area contributed by atoms with Gasteiger partial charge in [-0.2, -0.15) is 0 Å². The van der Waals surface area contributed by atoms with Crippen LogP contribution in [0.25, 0.3) is 0 Å². The number of hydrogen-bond donors (Lipinski definition) is 2. The lowest BCUT2D eigenvalue weighted by Crippen LogP contribution is -2.32. The number of amides is 2. The van der Waals surface area contributed by atoms with E-state index >= 15 is 0 Å². The van der Waals surface area contributed by atoms with Crippen molar-refractivity contribution >= 4 is 35.3 Å². The Morgan fingerprint density at radius 2 is 1.96 bits per heavy atom. The smallest absolute Gasteiger partial charge is 0.325 e. The van der Waals surface area contributed by atoms with E-state index in [1.165, 1.54) is 18.2 Å². The number of aryl methyl sites for hydroxylation is 1. The van der Waals surface area contributed by atoms with E-state index in [1.807, 2.05) is 0 Å². The molecule has 1 heterocycles.